The van der Waals surface area contributed by atoms with Gasteiger partial charge in [-0.1, -0.05) is 24.3 Å². The second kappa shape index (κ2) is 7.59. The van der Waals surface area contributed by atoms with E-state index in [4.69, 9.17) is 0 Å². The molecule has 4 heterocycles. The Bertz CT molecular complexity index is 1210. The summed E-state index contributed by atoms with van der Waals surface area (Å²) in [7, 11) is 0. The lowest BCUT2D eigenvalue weighted by molar-refractivity contribution is 0.0948. The van der Waals surface area contributed by atoms with E-state index < -0.39 is 0 Å². The molecule has 7 heteroatoms. The van der Waals surface area contributed by atoms with Gasteiger partial charge in [0.2, 0.25) is 0 Å². The third kappa shape index (κ3) is 3.28. The molecule has 0 unspecified atom stereocenters. The quantitative estimate of drug-likeness (QED) is 0.561. The van der Waals surface area contributed by atoms with Crippen molar-refractivity contribution in [3.8, 4) is 17.1 Å². The Hall–Kier alpha value is -3.74. The largest absolute Gasteiger partial charge is 0.350 e. The first-order valence-corrected chi connectivity index (χ1v) is 10.1. The number of amides is 1. The molecule has 1 aliphatic heterocycles. The molecule has 1 amide bonds. The van der Waals surface area contributed by atoms with Crippen LogP contribution in [0.1, 0.15) is 27.3 Å². The van der Waals surface area contributed by atoms with Crippen LogP contribution in [0.15, 0.2) is 60.9 Å². The molecule has 1 N–H and O–H groups in total. The molecule has 0 saturated heterocycles. The lowest BCUT2D eigenvalue weighted by Crippen LogP contribution is -2.26. The maximum Gasteiger partial charge on any atom is 0.271 e. The van der Waals surface area contributed by atoms with Crippen molar-refractivity contribution >= 4 is 5.91 Å². The summed E-state index contributed by atoms with van der Waals surface area (Å²) in [5.74, 6) is -0.170. The molecule has 1 aromatic carbocycles. The first kappa shape index (κ1) is 18.3. The van der Waals surface area contributed by atoms with Crippen molar-refractivity contribution in [3.05, 3.63) is 83.4 Å². The molecule has 0 spiro atoms. The van der Waals surface area contributed by atoms with E-state index in [0.29, 0.717) is 18.7 Å². The number of carbonyl (C=O) groups is 1. The maximum absolute atomic E-state index is 12.7. The molecular weight excluding hydrogens is 376 g/mol. The second-order valence-corrected chi connectivity index (χ2v) is 7.43. The van der Waals surface area contributed by atoms with Crippen LogP contribution in [-0.2, 0) is 19.4 Å². The van der Waals surface area contributed by atoms with Gasteiger partial charge < -0.3 is 5.32 Å². The van der Waals surface area contributed by atoms with Crippen molar-refractivity contribution in [2.45, 2.75) is 26.3 Å². The van der Waals surface area contributed by atoms with E-state index in [0.717, 1.165) is 41.3 Å². The van der Waals surface area contributed by atoms with Crippen LogP contribution in [0.2, 0.25) is 0 Å². The van der Waals surface area contributed by atoms with E-state index in [9.17, 15) is 4.79 Å². The van der Waals surface area contributed by atoms with Crippen LogP contribution in [-0.4, -0.2) is 37.0 Å². The summed E-state index contributed by atoms with van der Waals surface area (Å²) in [4.78, 5) is 17.0. The van der Waals surface area contributed by atoms with E-state index in [1.54, 1.807) is 6.20 Å². The number of carbonyl (C=O) groups excluding carboxylic acids is 1. The van der Waals surface area contributed by atoms with Crippen molar-refractivity contribution < 1.29 is 4.79 Å². The zero-order valence-electron chi connectivity index (χ0n) is 16.7. The summed E-state index contributed by atoms with van der Waals surface area (Å²) < 4.78 is 3.87. The maximum atomic E-state index is 12.7. The predicted molar refractivity (Wildman–Crippen MR) is 114 cm³/mol. The summed E-state index contributed by atoms with van der Waals surface area (Å²) in [5.41, 5.74) is 6.67. The van der Waals surface area contributed by atoms with Gasteiger partial charge in [0, 0.05) is 37.0 Å². The minimum Gasteiger partial charge on any atom is -0.350 e. The molecule has 30 heavy (non-hydrogen) atoms. The third-order valence-corrected chi connectivity index (χ3v) is 5.43. The molecule has 0 radical (unpaired) electrons. The molecule has 7 nitrogen and oxygen atoms in total. The van der Waals surface area contributed by atoms with Crippen molar-refractivity contribution in [2.24, 2.45) is 0 Å². The predicted octanol–water partition coefficient (Wildman–Crippen LogP) is 2.97. The van der Waals surface area contributed by atoms with Gasteiger partial charge in [-0.25, -0.2) is 4.68 Å². The minimum absolute atomic E-state index is 0.170. The summed E-state index contributed by atoms with van der Waals surface area (Å²) in [6, 6.07) is 15.8. The smallest absolute Gasteiger partial charge is 0.271 e. The number of nitrogens with one attached hydrogen (secondary N) is 1. The minimum atomic E-state index is -0.170. The molecule has 0 saturated carbocycles. The Balaban J connectivity index is 1.40. The van der Waals surface area contributed by atoms with Crippen LogP contribution in [0.5, 0.6) is 0 Å². The van der Waals surface area contributed by atoms with Crippen LogP contribution in [0, 0.1) is 6.92 Å². The van der Waals surface area contributed by atoms with Gasteiger partial charge in [-0.15, -0.1) is 0 Å². The number of rotatable bonds is 5. The van der Waals surface area contributed by atoms with E-state index >= 15 is 0 Å². The van der Waals surface area contributed by atoms with Crippen LogP contribution >= 0.6 is 0 Å². The van der Waals surface area contributed by atoms with Gasteiger partial charge in [-0.2, -0.15) is 10.2 Å². The average Bonchev–Trinajstić information content (AvgIpc) is 3.39. The van der Waals surface area contributed by atoms with Crippen LogP contribution in [0.3, 0.4) is 0 Å². The fraction of sp³-hybridized carbons (Fsp3) is 0.217. The SMILES string of the molecule is Cc1ccccc1-n1ncc2c1-c1cc(C(=O)NCCc3ccccn3)nn1CC2. The van der Waals surface area contributed by atoms with Crippen LogP contribution in [0.25, 0.3) is 17.1 Å². The zero-order chi connectivity index (χ0) is 20.5. The summed E-state index contributed by atoms with van der Waals surface area (Å²) in [6.45, 7) is 3.33. The van der Waals surface area contributed by atoms with Gasteiger partial charge in [-0.3, -0.25) is 14.5 Å². The number of fused-ring (bicyclic) bond motifs is 3. The monoisotopic (exact) mass is 398 g/mol. The Morgan fingerprint density at radius 2 is 2.03 bits per heavy atom. The number of nitrogens with zero attached hydrogens (tertiary/aromatic N) is 5. The van der Waals surface area contributed by atoms with Crippen molar-refractivity contribution in [3.63, 3.8) is 0 Å². The lowest BCUT2D eigenvalue weighted by atomic mass is 10.1. The van der Waals surface area contributed by atoms with Gasteiger partial charge in [0.05, 0.1) is 23.3 Å². The fourth-order valence-corrected chi connectivity index (χ4v) is 3.88. The fourth-order valence-electron chi connectivity index (χ4n) is 3.88. The standard InChI is InChI=1S/C23H22N6O/c1-16-6-2-3-8-20(16)29-22-17(15-26-29)10-13-28-21(22)14-19(27-28)23(30)25-12-9-18-7-4-5-11-24-18/h2-8,11,14-15H,9-10,12-13H2,1H3,(H,25,30). The Morgan fingerprint density at radius 1 is 1.17 bits per heavy atom. The zero-order valence-corrected chi connectivity index (χ0v) is 16.7. The summed E-state index contributed by atoms with van der Waals surface area (Å²) in [6.07, 6.45) is 5.21. The molecular formula is C23H22N6O. The highest BCUT2D eigenvalue weighted by Crippen LogP contribution is 2.32. The van der Waals surface area contributed by atoms with Crippen molar-refractivity contribution in [1.29, 1.82) is 0 Å². The highest BCUT2D eigenvalue weighted by atomic mass is 16.1. The molecule has 150 valence electrons. The first-order chi connectivity index (χ1) is 14.7. The highest BCUT2D eigenvalue weighted by molar-refractivity contribution is 5.93. The van der Waals surface area contributed by atoms with E-state index in [1.807, 2.05) is 52.0 Å². The molecule has 1 aliphatic rings. The lowest BCUT2D eigenvalue weighted by Gasteiger charge is -2.17. The number of benzene rings is 1. The van der Waals surface area contributed by atoms with E-state index in [1.165, 1.54) is 5.56 Å². The Kier molecular flexibility index (Phi) is 4.63. The molecule has 3 aromatic heterocycles. The summed E-state index contributed by atoms with van der Waals surface area (Å²) in [5, 5.41) is 12.1. The molecule has 0 atom stereocenters. The van der Waals surface area contributed by atoms with Gasteiger partial charge in [0.15, 0.2) is 5.69 Å². The molecule has 0 fully saturated rings. The van der Waals surface area contributed by atoms with Gasteiger partial charge in [0.25, 0.3) is 5.91 Å². The summed E-state index contributed by atoms with van der Waals surface area (Å²) >= 11 is 0. The molecule has 0 aliphatic carbocycles. The average molecular weight is 398 g/mol. The number of para-hydroxylation sites is 1. The second-order valence-electron chi connectivity index (χ2n) is 7.43. The number of pyridine rings is 1. The van der Waals surface area contributed by atoms with E-state index in [2.05, 4.69) is 39.6 Å². The molecule has 0 bridgehead atoms. The van der Waals surface area contributed by atoms with Gasteiger partial charge in [-0.05, 0) is 43.2 Å². The first-order valence-electron chi connectivity index (χ1n) is 10.1. The number of aromatic nitrogens is 5. The molecule has 5 rings (SSSR count). The number of hydrogen-bond acceptors (Lipinski definition) is 4. The number of aryl methyl sites for hydroxylation is 3. The van der Waals surface area contributed by atoms with Crippen molar-refractivity contribution in [1.82, 2.24) is 29.9 Å². The third-order valence-electron chi connectivity index (χ3n) is 5.43. The van der Waals surface area contributed by atoms with Crippen LogP contribution in [0.4, 0.5) is 0 Å². The topological polar surface area (TPSA) is 77.6 Å². The van der Waals surface area contributed by atoms with Crippen molar-refractivity contribution in [2.75, 3.05) is 6.54 Å². The van der Waals surface area contributed by atoms with Gasteiger partial charge in [0.1, 0.15) is 0 Å². The Morgan fingerprint density at radius 3 is 2.87 bits per heavy atom. The normalized spacial score (nSPS) is 12.3. The van der Waals surface area contributed by atoms with E-state index in [-0.39, 0.29) is 5.91 Å². The van der Waals surface area contributed by atoms with Crippen LogP contribution < -0.4 is 5.32 Å². The number of hydrogen-bond donors (Lipinski definition) is 1. The highest BCUT2D eigenvalue weighted by Gasteiger charge is 2.25. The van der Waals surface area contributed by atoms with Gasteiger partial charge >= 0.3 is 0 Å². The Labute approximate surface area is 174 Å². The molecule has 4 aromatic rings.